The van der Waals surface area contributed by atoms with Crippen LogP contribution in [0.5, 0.6) is 0 Å². The number of thiazole rings is 1. The van der Waals surface area contributed by atoms with Crippen LogP contribution in [-0.2, 0) is 21.4 Å². The maximum Gasteiger partial charge on any atom is 0.308 e. The maximum atomic E-state index is 13.1. The minimum atomic E-state index is -3.61. The van der Waals surface area contributed by atoms with Gasteiger partial charge in [0.1, 0.15) is 6.54 Å². The molecule has 4 rings (SSSR count). The number of sulfonamides is 1. The van der Waals surface area contributed by atoms with Crippen LogP contribution in [0.3, 0.4) is 0 Å². The van der Waals surface area contributed by atoms with Gasteiger partial charge in [-0.15, -0.1) is 0 Å². The monoisotopic (exact) mass is 493 g/mol. The number of halogens is 1. The lowest BCUT2D eigenvalue weighted by Gasteiger charge is -2.19. The van der Waals surface area contributed by atoms with Crippen LogP contribution in [0.15, 0.2) is 46.1 Å². The Balaban J connectivity index is 1.57. The van der Waals surface area contributed by atoms with Crippen LogP contribution in [0.1, 0.15) is 31.2 Å². The number of carbonyl (C=O) groups is 1. The smallest absolute Gasteiger partial charge is 0.308 e. The Bertz CT molecular complexity index is 1320. The molecule has 0 aliphatic carbocycles. The van der Waals surface area contributed by atoms with Crippen molar-refractivity contribution in [2.75, 3.05) is 18.4 Å². The van der Waals surface area contributed by atoms with Crippen LogP contribution in [0.2, 0.25) is 5.02 Å². The highest BCUT2D eigenvalue weighted by Crippen LogP contribution is 2.26. The maximum absolute atomic E-state index is 13.1. The zero-order valence-electron chi connectivity index (χ0n) is 17.6. The summed E-state index contributed by atoms with van der Waals surface area (Å²) in [6.45, 7) is 2.72. The number of anilines is 1. The molecule has 32 heavy (non-hydrogen) atoms. The van der Waals surface area contributed by atoms with Crippen molar-refractivity contribution in [2.24, 2.45) is 0 Å². The van der Waals surface area contributed by atoms with Gasteiger partial charge in [-0.05, 0) is 55.7 Å². The molecule has 1 saturated heterocycles. The number of benzene rings is 2. The zero-order chi connectivity index (χ0) is 22.9. The number of aryl methyl sites for hydroxylation is 1. The Labute approximate surface area is 195 Å². The zero-order valence-corrected chi connectivity index (χ0v) is 20.0. The van der Waals surface area contributed by atoms with Gasteiger partial charge in [0, 0.05) is 23.8 Å². The number of hydrogen-bond donors (Lipinski definition) is 1. The number of hydrogen-bond acceptors (Lipinski definition) is 5. The molecule has 7 nitrogen and oxygen atoms in total. The van der Waals surface area contributed by atoms with Crippen LogP contribution in [0.4, 0.5) is 5.69 Å². The predicted octanol–water partition coefficient (Wildman–Crippen LogP) is 4.23. The fourth-order valence-electron chi connectivity index (χ4n) is 3.80. The number of nitrogens with zero attached hydrogens (tertiary/aromatic N) is 2. The predicted molar refractivity (Wildman–Crippen MR) is 128 cm³/mol. The third kappa shape index (κ3) is 4.76. The average molecular weight is 494 g/mol. The minimum absolute atomic E-state index is 0.178. The van der Waals surface area contributed by atoms with Crippen molar-refractivity contribution in [3.8, 4) is 0 Å². The Morgan fingerprint density at radius 3 is 2.50 bits per heavy atom. The third-order valence-electron chi connectivity index (χ3n) is 5.60. The first-order valence-corrected chi connectivity index (χ1v) is 13.1. The lowest BCUT2D eigenvalue weighted by molar-refractivity contribution is -0.116. The van der Waals surface area contributed by atoms with E-state index < -0.39 is 10.0 Å². The van der Waals surface area contributed by atoms with Gasteiger partial charge in [0.05, 0.1) is 15.1 Å². The van der Waals surface area contributed by atoms with Crippen molar-refractivity contribution in [1.29, 1.82) is 0 Å². The van der Waals surface area contributed by atoms with Crippen LogP contribution in [-0.4, -0.2) is 36.3 Å². The number of rotatable bonds is 5. The molecule has 1 amide bonds. The van der Waals surface area contributed by atoms with Crippen molar-refractivity contribution in [3.05, 3.63) is 56.7 Å². The quantitative estimate of drug-likeness (QED) is 0.576. The fourth-order valence-corrected chi connectivity index (χ4v) is 6.53. The van der Waals surface area contributed by atoms with Crippen molar-refractivity contribution in [1.82, 2.24) is 8.87 Å². The van der Waals surface area contributed by atoms with Crippen LogP contribution in [0.25, 0.3) is 10.2 Å². The van der Waals surface area contributed by atoms with E-state index in [2.05, 4.69) is 5.32 Å². The molecule has 1 fully saturated rings. The van der Waals surface area contributed by atoms with E-state index >= 15 is 0 Å². The normalized spacial score (nSPS) is 15.6. The molecular weight excluding hydrogens is 470 g/mol. The summed E-state index contributed by atoms with van der Waals surface area (Å²) in [6, 6.07) is 9.86. The molecular formula is C22H24ClN3O4S2. The summed E-state index contributed by atoms with van der Waals surface area (Å²) < 4.78 is 29.6. The molecule has 170 valence electrons. The molecule has 0 unspecified atom stereocenters. The van der Waals surface area contributed by atoms with Gasteiger partial charge in [0.25, 0.3) is 0 Å². The Kier molecular flexibility index (Phi) is 6.71. The first kappa shape index (κ1) is 23.0. The van der Waals surface area contributed by atoms with Gasteiger partial charge >= 0.3 is 4.87 Å². The summed E-state index contributed by atoms with van der Waals surface area (Å²) in [5, 5.41) is 3.28. The second-order valence-electron chi connectivity index (χ2n) is 7.91. The lowest BCUT2D eigenvalue weighted by Crippen LogP contribution is -2.31. The molecule has 1 N–H and O–H groups in total. The second kappa shape index (κ2) is 9.35. The van der Waals surface area contributed by atoms with Crippen LogP contribution < -0.4 is 10.2 Å². The Hall–Kier alpha value is -2.20. The fraction of sp³-hybridized carbons (Fsp3) is 0.364. The first-order chi connectivity index (χ1) is 15.3. The largest absolute Gasteiger partial charge is 0.324 e. The Morgan fingerprint density at radius 2 is 1.81 bits per heavy atom. The van der Waals surface area contributed by atoms with Gasteiger partial charge in [-0.2, -0.15) is 4.31 Å². The van der Waals surface area contributed by atoms with Crippen LogP contribution >= 0.6 is 22.9 Å². The highest BCUT2D eigenvalue weighted by Gasteiger charge is 2.26. The van der Waals surface area contributed by atoms with Gasteiger partial charge < -0.3 is 5.32 Å². The second-order valence-corrected chi connectivity index (χ2v) is 11.3. The molecule has 0 bridgehead atoms. The Morgan fingerprint density at radius 1 is 1.09 bits per heavy atom. The summed E-state index contributed by atoms with van der Waals surface area (Å²) in [6.07, 6.45) is 3.78. The molecule has 10 heteroatoms. The average Bonchev–Trinajstić information content (AvgIpc) is 2.92. The van der Waals surface area contributed by atoms with Crippen molar-refractivity contribution >= 4 is 54.8 Å². The summed E-state index contributed by atoms with van der Waals surface area (Å²) in [5.41, 5.74) is 1.98. The van der Waals surface area contributed by atoms with E-state index in [1.54, 1.807) is 24.3 Å². The number of carbonyl (C=O) groups excluding carboxylic acids is 1. The highest BCUT2D eigenvalue weighted by atomic mass is 35.5. The van der Waals surface area contributed by atoms with Gasteiger partial charge in [-0.3, -0.25) is 14.2 Å². The van der Waals surface area contributed by atoms with E-state index in [1.807, 2.05) is 6.92 Å². The van der Waals surface area contributed by atoms with Crippen LogP contribution in [0, 0.1) is 6.92 Å². The number of fused-ring (bicyclic) bond motifs is 1. The molecule has 0 radical (unpaired) electrons. The van der Waals surface area contributed by atoms with E-state index in [9.17, 15) is 18.0 Å². The van der Waals surface area contributed by atoms with Crippen molar-refractivity contribution < 1.29 is 13.2 Å². The van der Waals surface area contributed by atoms with Gasteiger partial charge in [-0.25, -0.2) is 8.42 Å². The molecule has 1 aliphatic rings. The molecule has 2 aromatic carbocycles. The van der Waals surface area contributed by atoms with Gasteiger partial charge in [0.2, 0.25) is 15.9 Å². The third-order valence-corrected chi connectivity index (χ3v) is 8.84. The summed E-state index contributed by atoms with van der Waals surface area (Å²) in [4.78, 5) is 24.9. The van der Waals surface area contributed by atoms with Gasteiger partial charge in [0.15, 0.2) is 0 Å². The summed E-state index contributed by atoms with van der Waals surface area (Å²) in [7, 11) is -3.61. The number of amides is 1. The van der Waals surface area contributed by atoms with Crippen molar-refractivity contribution in [3.63, 3.8) is 0 Å². The van der Waals surface area contributed by atoms with E-state index in [-0.39, 0.29) is 22.2 Å². The molecule has 0 saturated carbocycles. The van der Waals surface area contributed by atoms with E-state index in [0.29, 0.717) is 34.0 Å². The first-order valence-electron chi connectivity index (χ1n) is 10.5. The molecule has 3 aromatic rings. The standard InChI is InChI=1S/C22H24ClN3O4S2/c1-15-6-7-16(12-18(15)23)24-21(27)14-26-19-9-8-17(13-20(19)31-22(26)28)32(29,30)25-10-4-2-3-5-11-25/h6-9,12-13H,2-5,10-11,14H2,1H3,(H,24,27). The van der Waals surface area contributed by atoms with E-state index in [0.717, 1.165) is 42.6 Å². The molecule has 1 aliphatic heterocycles. The van der Waals surface area contributed by atoms with Crippen molar-refractivity contribution in [2.45, 2.75) is 44.0 Å². The SMILES string of the molecule is Cc1ccc(NC(=O)Cn2c(=O)sc3cc(S(=O)(=O)N4CCCCCC4)ccc32)cc1Cl. The molecule has 1 aromatic heterocycles. The lowest BCUT2D eigenvalue weighted by atomic mass is 10.2. The van der Waals surface area contributed by atoms with Gasteiger partial charge in [-0.1, -0.05) is 41.8 Å². The minimum Gasteiger partial charge on any atom is -0.324 e. The van der Waals surface area contributed by atoms with E-state index in [1.165, 1.54) is 21.0 Å². The molecule has 0 atom stereocenters. The highest BCUT2D eigenvalue weighted by molar-refractivity contribution is 7.89. The summed E-state index contributed by atoms with van der Waals surface area (Å²) in [5.74, 6) is -0.368. The number of aromatic nitrogens is 1. The number of nitrogens with one attached hydrogen (secondary N) is 1. The van der Waals surface area contributed by atoms with E-state index in [4.69, 9.17) is 11.6 Å². The molecule has 0 spiro atoms. The summed E-state index contributed by atoms with van der Waals surface area (Å²) >= 11 is 7.04. The topological polar surface area (TPSA) is 88.5 Å². The molecule has 2 heterocycles.